The Bertz CT molecular complexity index is 548. The van der Waals surface area contributed by atoms with Gasteiger partial charge >= 0.3 is 0 Å². The normalized spacial score (nSPS) is 10.5. The fourth-order valence-corrected chi connectivity index (χ4v) is 1.88. The molecular weight excluding hydrogens is 216 g/mol. The maximum atomic E-state index is 11.5. The van der Waals surface area contributed by atoms with Crippen LogP contribution in [-0.2, 0) is 10.0 Å². The van der Waals surface area contributed by atoms with E-state index in [9.17, 15) is 13.2 Å². The molecule has 0 aliphatic heterocycles. The summed E-state index contributed by atoms with van der Waals surface area (Å²) in [6.07, 6.45) is 2.51. The molecule has 5 nitrogen and oxygen atoms in total. The molecule has 1 rings (SSSR count). The van der Waals surface area contributed by atoms with Crippen LogP contribution in [0.5, 0.6) is 0 Å². The smallest absolute Gasteiger partial charge is 0.246 e. The van der Waals surface area contributed by atoms with Crippen LogP contribution in [0.15, 0.2) is 28.2 Å². The lowest BCUT2D eigenvalue weighted by molar-refractivity contribution is 0.585. The minimum Gasteiger partial charge on any atom is -0.366 e. The zero-order valence-corrected chi connectivity index (χ0v) is 8.89. The molecule has 0 aliphatic rings. The van der Waals surface area contributed by atoms with Gasteiger partial charge in [0, 0.05) is 18.5 Å². The van der Waals surface area contributed by atoms with E-state index < -0.39 is 15.5 Å². The summed E-state index contributed by atoms with van der Waals surface area (Å²) in [4.78, 5) is 13.5. The third-order valence-corrected chi connectivity index (χ3v) is 3.03. The highest BCUT2D eigenvalue weighted by molar-refractivity contribution is 7.89. The van der Waals surface area contributed by atoms with Crippen LogP contribution in [0.4, 0.5) is 0 Å². The number of hydrogen-bond acceptors (Lipinski definition) is 3. The second-order valence-electron chi connectivity index (χ2n) is 2.62. The SMILES string of the molecule is CC#CCNS(=O)(=O)c1c[nH]ccc1=O. The van der Waals surface area contributed by atoms with Crippen molar-refractivity contribution in [2.24, 2.45) is 0 Å². The van der Waals surface area contributed by atoms with Gasteiger partial charge in [0.2, 0.25) is 15.5 Å². The second-order valence-corrected chi connectivity index (χ2v) is 4.36. The van der Waals surface area contributed by atoms with Gasteiger partial charge in [-0.3, -0.25) is 4.79 Å². The van der Waals surface area contributed by atoms with E-state index >= 15 is 0 Å². The third-order valence-electron chi connectivity index (χ3n) is 1.61. The molecule has 0 unspecified atom stereocenters. The van der Waals surface area contributed by atoms with Gasteiger partial charge in [-0.1, -0.05) is 5.92 Å². The lowest BCUT2D eigenvalue weighted by atomic mass is 10.5. The Morgan fingerprint density at radius 3 is 2.87 bits per heavy atom. The third kappa shape index (κ3) is 2.94. The van der Waals surface area contributed by atoms with Crippen molar-refractivity contribution in [3.63, 3.8) is 0 Å². The minimum absolute atomic E-state index is 0.00678. The molecule has 0 spiro atoms. The second kappa shape index (κ2) is 4.77. The number of nitrogens with one attached hydrogen (secondary N) is 2. The van der Waals surface area contributed by atoms with E-state index in [1.807, 2.05) is 0 Å². The van der Waals surface area contributed by atoms with E-state index in [1.54, 1.807) is 6.92 Å². The van der Waals surface area contributed by atoms with Gasteiger partial charge < -0.3 is 4.98 Å². The summed E-state index contributed by atoms with van der Waals surface area (Å²) in [5.74, 6) is 5.08. The first-order chi connectivity index (χ1) is 7.08. The number of aromatic nitrogens is 1. The van der Waals surface area contributed by atoms with Gasteiger partial charge in [0.25, 0.3) is 0 Å². The topological polar surface area (TPSA) is 79.0 Å². The molecule has 0 aromatic carbocycles. The van der Waals surface area contributed by atoms with Crippen molar-refractivity contribution >= 4 is 10.0 Å². The first kappa shape index (κ1) is 11.5. The van der Waals surface area contributed by atoms with Crippen molar-refractivity contribution in [2.45, 2.75) is 11.8 Å². The lowest BCUT2D eigenvalue weighted by Crippen LogP contribution is -2.28. The standard InChI is InChI=1S/C9H10N2O3S/c1-2-3-5-11-15(13,14)9-7-10-6-4-8(9)12/h4,6-7,11H,5H2,1H3,(H,10,12). The minimum atomic E-state index is -3.76. The Morgan fingerprint density at radius 2 is 2.27 bits per heavy atom. The predicted molar refractivity (Wildman–Crippen MR) is 55.7 cm³/mol. The Labute approximate surface area is 87.6 Å². The maximum absolute atomic E-state index is 11.5. The van der Waals surface area contributed by atoms with Crippen LogP contribution in [0.25, 0.3) is 0 Å². The van der Waals surface area contributed by atoms with Crippen molar-refractivity contribution in [3.05, 3.63) is 28.7 Å². The van der Waals surface area contributed by atoms with Crippen LogP contribution in [0.2, 0.25) is 0 Å². The van der Waals surface area contributed by atoms with Crippen LogP contribution >= 0.6 is 0 Å². The number of aromatic amines is 1. The Morgan fingerprint density at radius 1 is 1.53 bits per heavy atom. The highest BCUT2D eigenvalue weighted by Gasteiger charge is 2.15. The van der Waals surface area contributed by atoms with E-state index in [2.05, 4.69) is 21.5 Å². The number of H-pyrrole nitrogens is 1. The van der Waals surface area contributed by atoms with Crippen molar-refractivity contribution < 1.29 is 8.42 Å². The summed E-state index contributed by atoms with van der Waals surface area (Å²) in [6.45, 7) is 1.59. The summed E-state index contributed by atoms with van der Waals surface area (Å²) in [7, 11) is -3.76. The first-order valence-corrected chi connectivity index (χ1v) is 5.62. The van der Waals surface area contributed by atoms with Gasteiger partial charge in [-0.25, -0.2) is 8.42 Å². The van der Waals surface area contributed by atoms with E-state index in [4.69, 9.17) is 0 Å². The van der Waals surface area contributed by atoms with Crippen molar-refractivity contribution in [1.82, 2.24) is 9.71 Å². The molecule has 0 saturated carbocycles. The fourth-order valence-electron chi connectivity index (χ4n) is 0.908. The molecule has 0 atom stereocenters. The monoisotopic (exact) mass is 226 g/mol. The fraction of sp³-hybridized carbons (Fsp3) is 0.222. The summed E-state index contributed by atoms with van der Waals surface area (Å²) in [6, 6.07) is 1.15. The van der Waals surface area contributed by atoms with Crippen molar-refractivity contribution in [2.75, 3.05) is 6.54 Å². The quantitative estimate of drug-likeness (QED) is 0.693. The molecule has 0 saturated heterocycles. The van der Waals surface area contributed by atoms with Gasteiger partial charge in [0.1, 0.15) is 4.90 Å². The van der Waals surface area contributed by atoms with Crippen LogP contribution < -0.4 is 10.2 Å². The molecule has 1 heterocycles. The summed E-state index contributed by atoms with van der Waals surface area (Å²) < 4.78 is 25.3. The Balaban J connectivity index is 3.00. The lowest BCUT2D eigenvalue weighted by Gasteiger charge is -2.01. The summed E-state index contributed by atoms with van der Waals surface area (Å²) in [5.41, 5.74) is -0.550. The van der Waals surface area contributed by atoms with Gasteiger partial charge in [-0.2, -0.15) is 4.72 Å². The molecule has 1 aromatic heterocycles. The highest BCUT2D eigenvalue weighted by Crippen LogP contribution is 1.98. The average molecular weight is 226 g/mol. The predicted octanol–water partition coefficient (Wildman–Crippen LogP) is -0.324. The molecule has 15 heavy (non-hydrogen) atoms. The van der Waals surface area contributed by atoms with Crippen molar-refractivity contribution in [1.29, 1.82) is 0 Å². The summed E-state index contributed by atoms with van der Waals surface area (Å²) >= 11 is 0. The van der Waals surface area contributed by atoms with Crippen molar-refractivity contribution in [3.8, 4) is 11.8 Å². The molecule has 80 valence electrons. The van der Waals surface area contributed by atoms with E-state index in [0.29, 0.717) is 0 Å². The van der Waals surface area contributed by atoms with Gasteiger partial charge in [-0.05, 0) is 6.92 Å². The maximum Gasteiger partial charge on any atom is 0.246 e. The number of pyridine rings is 1. The van der Waals surface area contributed by atoms with E-state index in [-0.39, 0.29) is 11.4 Å². The van der Waals surface area contributed by atoms with Gasteiger partial charge in [0.15, 0.2) is 0 Å². The molecule has 0 amide bonds. The molecule has 2 N–H and O–H groups in total. The zero-order valence-electron chi connectivity index (χ0n) is 8.07. The molecule has 0 fully saturated rings. The number of hydrogen-bond donors (Lipinski definition) is 2. The zero-order chi connectivity index (χ0) is 11.3. The van der Waals surface area contributed by atoms with Gasteiger partial charge in [-0.15, -0.1) is 5.92 Å². The molecule has 0 radical (unpaired) electrons. The van der Waals surface area contributed by atoms with Crippen LogP contribution in [-0.4, -0.2) is 19.9 Å². The van der Waals surface area contributed by atoms with Crippen LogP contribution in [0.3, 0.4) is 0 Å². The largest absolute Gasteiger partial charge is 0.366 e. The Hall–Kier alpha value is -1.58. The molecule has 1 aromatic rings. The highest BCUT2D eigenvalue weighted by atomic mass is 32.2. The molecule has 0 aliphatic carbocycles. The first-order valence-electron chi connectivity index (χ1n) is 4.14. The molecule has 0 bridgehead atoms. The van der Waals surface area contributed by atoms with E-state index in [0.717, 1.165) is 12.3 Å². The summed E-state index contributed by atoms with van der Waals surface area (Å²) in [5, 5.41) is 0. The van der Waals surface area contributed by atoms with E-state index in [1.165, 1.54) is 6.20 Å². The molecular formula is C9H10N2O3S. The number of rotatable bonds is 3. The van der Waals surface area contributed by atoms with Crippen LogP contribution in [0, 0.1) is 11.8 Å². The molecule has 6 heteroatoms. The number of sulfonamides is 1. The average Bonchev–Trinajstić information content (AvgIpc) is 2.18. The van der Waals surface area contributed by atoms with Gasteiger partial charge in [0.05, 0.1) is 6.54 Å². The van der Waals surface area contributed by atoms with Crippen LogP contribution in [0.1, 0.15) is 6.92 Å². The Kier molecular flexibility index (Phi) is 3.66.